The second-order valence-corrected chi connectivity index (χ2v) is 21.1. The van der Waals surface area contributed by atoms with Gasteiger partial charge in [-0.2, -0.15) is 29.8 Å². The Morgan fingerprint density at radius 1 is 0.759 bits per heavy atom. The van der Waals surface area contributed by atoms with E-state index in [1.165, 1.54) is 24.3 Å². The first-order valence-electron chi connectivity index (χ1n) is 18.6. The van der Waals surface area contributed by atoms with Crippen molar-refractivity contribution in [3.63, 3.8) is 0 Å². The predicted octanol–water partition coefficient (Wildman–Crippen LogP) is 5.36. The van der Waals surface area contributed by atoms with Gasteiger partial charge in [0.25, 0.3) is 30.4 Å². The number of allylic oxidation sites excluding steroid dienone is 6. The van der Waals surface area contributed by atoms with E-state index in [-0.39, 0.29) is 24.2 Å². The van der Waals surface area contributed by atoms with E-state index in [9.17, 15) is 56.7 Å². The van der Waals surface area contributed by atoms with Crippen molar-refractivity contribution in [1.82, 2.24) is 0 Å². The number of anilines is 1. The van der Waals surface area contributed by atoms with E-state index in [2.05, 4.69) is 0 Å². The lowest BCUT2D eigenvalue weighted by Crippen LogP contribution is -2.29. The van der Waals surface area contributed by atoms with Gasteiger partial charge < -0.3 is 14.6 Å². The van der Waals surface area contributed by atoms with Crippen LogP contribution in [0.15, 0.2) is 82.3 Å². The molecule has 2 aromatic carbocycles. The summed E-state index contributed by atoms with van der Waals surface area (Å²) >= 11 is 0. The first-order chi connectivity index (χ1) is 26.8. The van der Waals surface area contributed by atoms with Crippen molar-refractivity contribution in [1.29, 1.82) is 0 Å². The lowest BCUT2D eigenvalue weighted by atomic mass is 9.77. The molecule has 58 heavy (non-hydrogen) atoms. The third-order valence-corrected chi connectivity index (χ3v) is 13.8. The first-order valence-corrected chi connectivity index (χ1v) is 24.6. The van der Waals surface area contributed by atoms with E-state index in [0.717, 1.165) is 5.71 Å². The Balaban J connectivity index is 1.75. The monoisotopic (exact) mass is 886 g/mol. The van der Waals surface area contributed by atoms with Crippen LogP contribution in [0, 0.1) is 0 Å². The van der Waals surface area contributed by atoms with Gasteiger partial charge in [-0.25, -0.2) is 8.42 Å². The number of unbranched alkanes of at least 4 members (excludes halogenated alkanes) is 4. The predicted molar refractivity (Wildman–Crippen MR) is 217 cm³/mol. The maximum atomic E-state index is 12.1. The summed E-state index contributed by atoms with van der Waals surface area (Å²) in [6, 6.07) is 8.35. The molecule has 320 valence electrons. The molecular weight excluding hydrogens is 837 g/mol. The molecule has 4 rings (SSSR count). The molecule has 2 heterocycles. The number of hydrogen-bond donors (Lipinski definition) is 4. The summed E-state index contributed by atoms with van der Waals surface area (Å²) in [4.78, 5) is 12.4. The molecule has 2 aliphatic heterocycles. The van der Waals surface area contributed by atoms with Crippen molar-refractivity contribution in [2.75, 3.05) is 29.5 Å². The maximum absolute atomic E-state index is 12.1. The highest BCUT2D eigenvalue weighted by Gasteiger charge is 2.45. The molecule has 20 heteroatoms. The summed E-state index contributed by atoms with van der Waals surface area (Å²) in [7, 11) is -17.8. The molecule has 0 aliphatic carbocycles. The van der Waals surface area contributed by atoms with Gasteiger partial charge >= 0.3 is 5.97 Å². The fourth-order valence-corrected chi connectivity index (χ4v) is 9.79. The standard InChI is InChI=1S/C38H50N2O14S4/c1-37(2)30-26-28(57(49,50)51)17-19-32(30)39(23-11-13-25-56(46,47)48)34(37)14-6-4-7-15-35-38(3,21-9-12-24-55(43,44)45)31-27-29(58(52,53)54)18-20-33(31)40(35)22-10-5-8-16-36(41)42/h4,6-7,14-15,17-20,26-27H,5,8-13,16,21-25H2,1-3H3,(H4-,41,42,43,44,45,46,47,48,49,50,51,52,53,54). The van der Waals surface area contributed by atoms with Crippen LogP contribution < -0.4 is 4.90 Å². The molecule has 0 saturated heterocycles. The number of fused-ring (bicyclic) bond motifs is 2. The molecule has 0 saturated carbocycles. The minimum Gasteiger partial charge on any atom is -0.744 e. The zero-order chi connectivity index (χ0) is 43.3. The number of carbonyl (C=O) groups is 1. The Morgan fingerprint density at radius 2 is 1.38 bits per heavy atom. The summed E-state index contributed by atoms with van der Waals surface area (Å²) < 4.78 is 136. The molecule has 0 radical (unpaired) electrons. The average molecular weight is 887 g/mol. The smallest absolute Gasteiger partial charge is 0.303 e. The van der Waals surface area contributed by atoms with Crippen molar-refractivity contribution in [3.8, 4) is 0 Å². The Kier molecular flexibility index (Phi) is 14.8. The Hall–Kier alpha value is -3.76. The topological polar surface area (TPSA) is 264 Å². The van der Waals surface area contributed by atoms with Crippen molar-refractivity contribution < 1.29 is 66.4 Å². The summed E-state index contributed by atoms with van der Waals surface area (Å²) in [5, 5.41) is 9.10. The van der Waals surface area contributed by atoms with Gasteiger partial charge in [-0.3, -0.25) is 18.5 Å². The van der Waals surface area contributed by atoms with Gasteiger partial charge in [-0.1, -0.05) is 31.1 Å². The van der Waals surface area contributed by atoms with Crippen molar-refractivity contribution in [2.45, 2.75) is 99.2 Å². The molecule has 0 aromatic heterocycles. The number of nitrogens with zero attached hydrogens (tertiary/aromatic N) is 2. The molecule has 0 amide bonds. The molecule has 0 spiro atoms. The number of aliphatic carboxylic acids is 1. The Bertz CT molecular complexity index is 2470. The van der Waals surface area contributed by atoms with Gasteiger partial charge in [0, 0.05) is 53.9 Å². The number of hydrogen-bond acceptors (Lipinski definition) is 11. The molecule has 2 aliphatic rings. The van der Waals surface area contributed by atoms with Crippen molar-refractivity contribution in [3.05, 3.63) is 83.6 Å². The van der Waals surface area contributed by atoms with Gasteiger partial charge in [0.2, 0.25) is 5.69 Å². The van der Waals surface area contributed by atoms with Gasteiger partial charge in [0.1, 0.15) is 16.7 Å². The zero-order valence-corrected chi connectivity index (χ0v) is 35.7. The van der Waals surface area contributed by atoms with E-state index in [1.54, 1.807) is 30.4 Å². The van der Waals surface area contributed by atoms with E-state index in [4.69, 9.17) is 5.11 Å². The molecule has 1 atom stereocenters. The third-order valence-electron chi connectivity index (χ3n) is 10.5. The number of carboxylic acid groups (broad SMARTS) is 1. The minimum absolute atomic E-state index is 0.00482. The normalized spacial score (nSPS) is 19.2. The van der Waals surface area contributed by atoms with Crippen LogP contribution in [0.25, 0.3) is 0 Å². The average Bonchev–Trinajstić information content (AvgIpc) is 3.45. The second-order valence-electron chi connectivity index (χ2n) is 15.2. The highest BCUT2D eigenvalue weighted by molar-refractivity contribution is 7.86. The summed E-state index contributed by atoms with van der Waals surface area (Å²) in [6.07, 6.45) is 11.7. The van der Waals surface area contributed by atoms with Crippen LogP contribution in [0.1, 0.15) is 89.7 Å². The van der Waals surface area contributed by atoms with Crippen molar-refractivity contribution in [2.24, 2.45) is 0 Å². The van der Waals surface area contributed by atoms with Crippen LogP contribution in [0.3, 0.4) is 0 Å². The molecule has 4 N–H and O–H groups in total. The number of benzene rings is 2. The van der Waals surface area contributed by atoms with Crippen LogP contribution in [-0.2, 0) is 56.1 Å². The molecule has 1 unspecified atom stereocenters. The van der Waals surface area contributed by atoms with E-state index in [0.29, 0.717) is 79.8 Å². The maximum Gasteiger partial charge on any atom is 0.303 e. The fourth-order valence-electron chi connectivity index (χ4n) is 7.64. The zero-order valence-electron chi connectivity index (χ0n) is 32.4. The van der Waals surface area contributed by atoms with Gasteiger partial charge in [-0.15, -0.1) is 0 Å². The minimum atomic E-state index is -4.84. The first kappa shape index (κ1) is 46.9. The Labute approximate surface area is 340 Å². The highest BCUT2D eigenvalue weighted by atomic mass is 32.2. The molecule has 2 aromatic rings. The van der Waals surface area contributed by atoms with E-state index >= 15 is 0 Å². The summed E-state index contributed by atoms with van der Waals surface area (Å²) in [6.45, 7) is 6.33. The van der Waals surface area contributed by atoms with Crippen molar-refractivity contribution >= 4 is 63.5 Å². The van der Waals surface area contributed by atoms with Crippen LogP contribution >= 0.6 is 0 Å². The lowest BCUT2D eigenvalue weighted by molar-refractivity contribution is -0.438. The van der Waals surface area contributed by atoms with Gasteiger partial charge in [0.15, 0.2) is 5.71 Å². The number of rotatable bonds is 21. The third kappa shape index (κ3) is 11.9. The molecule has 0 bridgehead atoms. The van der Waals surface area contributed by atoms with Crippen LogP contribution in [0.4, 0.5) is 11.4 Å². The van der Waals surface area contributed by atoms with Gasteiger partial charge in [-0.05, 0) is 94.8 Å². The largest absolute Gasteiger partial charge is 0.744 e. The summed E-state index contributed by atoms with van der Waals surface area (Å²) in [5.41, 5.74) is 2.14. The SMILES string of the molecule is CC1(C)C(/C=C/C=C/C=C2\N(CCCCCC(=O)O)c3ccc(S(=O)(=O)[O-])cc3C2(C)CCCCS(=O)(=O)O)=[N+](CCCCS(=O)(=O)O)c2ccc(S(=O)(=O)O)cc21. The Morgan fingerprint density at radius 3 is 1.98 bits per heavy atom. The van der Waals surface area contributed by atoms with Crippen LogP contribution in [0.5, 0.6) is 0 Å². The molecule has 0 fully saturated rings. The summed E-state index contributed by atoms with van der Waals surface area (Å²) in [5.74, 6) is -1.83. The fraction of sp³-hybridized carbons (Fsp3) is 0.474. The quantitative estimate of drug-likeness (QED) is 0.0532. The molecular formula is C38H50N2O14S4. The van der Waals surface area contributed by atoms with E-state index in [1.807, 2.05) is 42.4 Å². The highest BCUT2D eigenvalue weighted by Crippen LogP contribution is 2.51. The van der Waals surface area contributed by atoms with Crippen LogP contribution in [-0.4, -0.2) is 97.8 Å². The molecule has 16 nitrogen and oxygen atoms in total. The van der Waals surface area contributed by atoms with Gasteiger partial charge in [0.05, 0.1) is 26.7 Å². The van der Waals surface area contributed by atoms with Crippen LogP contribution in [0.2, 0.25) is 0 Å². The lowest BCUT2D eigenvalue weighted by Gasteiger charge is -2.30. The number of carboxylic acids is 1. The van der Waals surface area contributed by atoms with E-state index < -0.39 is 73.7 Å². The second kappa shape index (κ2) is 18.2.